The third-order valence-electron chi connectivity index (χ3n) is 2.87. The van der Waals surface area contributed by atoms with Crippen molar-refractivity contribution in [3.05, 3.63) is 65.0 Å². The molecule has 0 bridgehead atoms. The molecule has 0 aromatic heterocycles. The third-order valence-corrected chi connectivity index (χ3v) is 3.09. The van der Waals surface area contributed by atoms with Crippen molar-refractivity contribution < 1.29 is 9.18 Å². The number of rotatable bonds is 3. The molecule has 20 heavy (non-hydrogen) atoms. The quantitative estimate of drug-likeness (QED) is 0.854. The van der Waals surface area contributed by atoms with Gasteiger partial charge >= 0.3 is 0 Å². The van der Waals surface area contributed by atoms with Crippen LogP contribution in [0.3, 0.4) is 0 Å². The number of thiocarbonyl (C=S) groups is 1. The van der Waals surface area contributed by atoms with Crippen LogP contribution >= 0.6 is 12.2 Å². The van der Waals surface area contributed by atoms with Gasteiger partial charge in [-0.3, -0.25) is 4.79 Å². The van der Waals surface area contributed by atoms with Gasteiger partial charge in [0.05, 0.1) is 5.69 Å². The van der Waals surface area contributed by atoms with Gasteiger partial charge in [-0.05, 0) is 42.8 Å². The van der Waals surface area contributed by atoms with E-state index in [1.807, 2.05) is 0 Å². The number of para-hydroxylation sites is 1. The summed E-state index contributed by atoms with van der Waals surface area (Å²) in [6.45, 7) is 1.68. The Morgan fingerprint density at radius 3 is 2.55 bits per heavy atom. The van der Waals surface area contributed by atoms with Crippen molar-refractivity contribution in [1.29, 1.82) is 0 Å². The Morgan fingerprint density at radius 2 is 1.90 bits per heavy atom. The molecule has 0 aliphatic carbocycles. The number of aryl methyl sites for hydroxylation is 1. The van der Waals surface area contributed by atoms with Gasteiger partial charge in [0.15, 0.2) is 0 Å². The second-order valence-electron chi connectivity index (χ2n) is 4.32. The number of nitrogens with two attached hydrogens (primary N) is 1. The summed E-state index contributed by atoms with van der Waals surface area (Å²) in [5.74, 6) is -0.700. The normalized spacial score (nSPS) is 10.1. The van der Waals surface area contributed by atoms with E-state index in [9.17, 15) is 9.18 Å². The standard InChI is InChI=1S/C15H13FN2OS/c1-9-8-10(16)6-7-11(9)15(19)18-13-5-3-2-4-12(13)14(17)20/h2-8H,1H3,(H2,17,20)(H,18,19). The summed E-state index contributed by atoms with van der Waals surface area (Å²) in [5.41, 5.74) is 7.71. The fourth-order valence-corrected chi connectivity index (χ4v) is 2.06. The van der Waals surface area contributed by atoms with Crippen molar-refractivity contribution in [1.82, 2.24) is 0 Å². The maximum Gasteiger partial charge on any atom is 0.255 e. The summed E-state index contributed by atoms with van der Waals surface area (Å²) in [5, 5.41) is 2.74. The molecule has 0 aliphatic rings. The molecule has 0 radical (unpaired) electrons. The maximum atomic E-state index is 13.0. The van der Waals surface area contributed by atoms with Gasteiger partial charge in [-0.2, -0.15) is 0 Å². The molecular formula is C15H13FN2OS. The highest BCUT2D eigenvalue weighted by molar-refractivity contribution is 7.80. The number of amides is 1. The molecule has 102 valence electrons. The lowest BCUT2D eigenvalue weighted by molar-refractivity contribution is 0.102. The highest BCUT2D eigenvalue weighted by atomic mass is 32.1. The van der Waals surface area contributed by atoms with E-state index in [-0.39, 0.29) is 16.7 Å². The predicted molar refractivity (Wildman–Crippen MR) is 81.4 cm³/mol. The molecule has 3 nitrogen and oxygen atoms in total. The molecule has 3 N–H and O–H groups in total. The van der Waals surface area contributed by atoms with Gasteiger partial charge in [0.2, 0.25) is 0 Å². The number of nitrogens with one attached hydrogen (secondary N) is 1. The largest absolute Gasteiger partial charge is 0.389 e. The van der Waals surface area contributed by atoms with Crippen LogP contribution in [0.25, 0.3) is 0 Å². The monoisotopic (exact) mass is 288 g/mol. The number of carbonyl (C=O) groups excluding carboxylic acids is 1. The van der Waals surface area contributed by atoms with Crippen molar-refractivity contribution in [2.75, 3.05) is 5.32 Å². The van der Waals surface area contributed by atoms with Gasteiger partial charge in [0.25, 0.3) is 5.91 Å². The molecule has 0 atom stereocenters. The molecule has 0 heterocycles. The Balaban J connectivity index is 2.30. The summed E-state index contributed by atoms with van der Waals surface area (Å²) < 4.78 is 13.0. The number of hydrogen-bond acceptors (Lipinski definition) is 2. The lowest BCUT2D eigenvalue weighted by Gasteiger charge is -2.11. The van der Waals surface area contributed by atoms with E-state index in [2.05, 4.69) is 5.32 Å². The number of benzene rings is 2. The number of anilines is 1. The van der Waals surface area contributed by atoms with Crippen molar-refractivity contribution >= 4 is 28.8 Å². The number of halogens is 1. The van der Waals surface area contributed by atoms with Gasteiger partial charge in [-0.25, -0.2) is 4.39 Å². The van der Waals surface area contributed by atoms with Crippen LogP contribution in [-0.2, 0) is 0 Å². The van der Waals surface area contributed by atoms with Crippen LogP contribution in [0.4, 0.5) is 10.1 Å². The summed E-state index contributed by atoms with van der Waals surface area (Å²) in [6, 6.07) is 11.0. The van der Waals surface area contributed by atoms with Crippen LogP contribution in [0.15, 0.2) is 42.5 Å². The van der Waals surface area contributed by atoms with E-state index in [0.717, 1.165) is 0 Å². The Labute approximate surface area is 121 Å². The van der Waals surface area contributed by atoms with Crippen LogP contribution in [0, 0.1) is 12.7 Å². The van der Waals surface area contributed by atoms with Crippen molar-refractivity contribution in [2.24, 2.45) is 5.73 Å². The van der Waals surface area contributed by atoms with E-state index in [1.54, 1.807) is 31.2 Å². The molecule has 0 saturated heterocycles. The first-order valence-corrected chi connectivity index (χ1v) is 6.36. The summed E-state index contributed by atoms with van der Waals surface area (Å²) in [6.07, 6.45) is 0. The zero-order chi connectivity index (χ0) is 14.7. The van der Waals surface area contributed by atoms with Crippen LogP contribution in [0.2, 0.25) is 0 Å². The fraction of sp³-hybridized carbons (Fsp3) is 0.0667. The number of hydrogen-bond donors (Lipinski definition) is 2. The highest BCUT2D eigenvalue weighted by Crippen LogP contribution is 2.17. The Hall–Kier alpha value is -2.27. The third kappa shape index (κ3) is 3.00. The smallest absolute Gasteiger partial charge is 0.255 e. The second kappa shape index (κ2) is 5.79. The highest BCUT2D eigenvalue weighted by Gasteiger charge is 2.12. The van der Waals surface area contributed by atoms with Crippen LogP contribution < -0.4 is 11.1 Å². The molecule has 2 aromatic carbocycles. The Kier molecular flexibility index (Phi) is 4.10. The molecule has 0 aliphatic heterocycles. The molecular weight excluding hydrogens is 275 g/mol. The van der Waals surface area contributed by atoms with Crippen molar-refractivity contribution in [3.8, 4) is 0 Å². The van der Waals surface area contributed by atoms with E-state index in [0.29, 0.717) is 22.4 Å². The first-order chi connectivity index (χ1) is 9.49. The van der Waals surface area contributed by atoms with E-state index < -0.39 is 0 Å². The van der Waals surface area contributed by atoms with Gasteiger partial charge < -0.3 is 11.1 Å². The SMILES string of the molecule is Cc1cc(F)ccc1C(=O)Nc1ccccc1C(N)=S. The first kappa shape index (κ1) is 14.1. The minimum atomic E-state index is -0.373. The fourth-order valence-electron chi connectivity index (χ4n) is 1.88. The topological polar surface area (TPSA) is 55.1 Å². The molecule has 0 fully saturated rings. The molecule has 1 amide bonds. The summed E-state index contributed by atoms with van der Waals surface area (Å²) >= 11 is 4.94. The Morgan fingerprint density at radius 1 is 1.20 bits per heavy atom. The minimum Gasteiger partial charge on any atom is -0.389 e. The van der Waals surface area contributed by atoms with Crippen molar-refractivity contribution in [3.63, 3.8) is 0 Å². The van der Waals surface area contributed by atoms with Crippen LogP contribution in [0.5, 0.6) is 0 Å². The van der Waals surface area contributed by atoms with Crippen molar-refractivity contribution in [2.45, 2.75) is 6.92 Å². The predicted octanol–water partition coefficient (Wildman–Crippen LogP) is 3.02. The van der Waals surface area contributed by atoms with Gasteiger partial charge in [-0.1, -0.05) is 24.4 Å². The van der Waals surface area contributed by atoms with Crippen LogP contribution in [0.1, 0.15) is 21.5 Å². The van der Waals surface area contributed by atoms with Gasteiger partial charge in [0.1, 0.15) is 10.8 Å². The molecule has 0 saturated carbocycles. The maximum absolute atomic E-state index is 13.0. The first-order valence-electron chi connectivity index (χ1n) is 5.95. The molecule has 2 aromatic rings. The average Bonchev–Trinajstić information content (AvgIpc) is 2.38. The van der Waals surface area contributed by atoms with Crippen LogP contribution in [-0.4, -0.2) is 10.9 Å². The zero-order valence-corrected chi connectivity index (χ0v) is 11.6. The average molecular weight is 288 g/mol. The Bertz CT molecular complexity index is 685. The molecule has 2 rings (SSSR count). The van der Waals surface area contributed by atoms with Gasteiger partial charge in [-0.15, -0.1) is 0 Å². The summed E-state index contributed by atoms with van der Waals surface area (Å²) in [7, 11) is 0. The van der Waals surface area contributed by atoms with E-state index in [4.69, 9.17) is 18.0 Å². The second-order valence-corrected chi connectivity index (χ2v) is 4.76. The lowest BCUT2D eigenvalue weighted by atomic mass is 10.1. The van der Waals surface area contributed by atoms with E-state index >= 15 is 0 Å². The molecule has 5 heteroatoms. The minimum absolute atomic E-state index is 0.205. The molecule has 0 spiro atoms. The summed E-state index contributed by atoms with van der Waals surface area (Å²) in [4.78, 5) is 12.4. The van der Waals surface area contributed by atoms with E-state index in [1.165, 1.54) is 18.2 Å². The number of carbonyl (C=O) groups is 1. The zero-order valence-electron chi connectivity index (χ0n) is 10.8. The lowest BCUT2D eigenvalue weighted by Crippen LogP contribution is -2.18. The van der Waals surface area contributed by atoms with Gasteiger partial charge in [0, 0.05) is 11.1 Å². The molecule has 0 unspecified atom stereocenters.